The van der Waals surface area contributed by atoms with Crippen LogP contribution in [0, 0.1) is 6.92 Å². The number of benzene rings is 2. The molecule has 0 aliphatic carbocycles. The maximum absolute atomic E-state index is 12.5. The second kappa shape index (κ2) is 8.54. The van der Waals surface area contributed by atoms with E-state index in [0.717, 1.165) is 16.1 Å². The Hall–Kier alpha value is -2.70. The summed E-state index contributed by atoms with van der Waals surface area (Å²) in [6.45, 7) is 3.44. The van der Waals surface area contributed by atoms with Crippen molar-refractivity contribution in [2.45, 2.75) is 20.3 Å². The summed E-state index contributed by atoms with van der Waals surface area (Å²) in [6.07, 6.45) is 0.0825. The van der Waals surface area contributed by atoms with E-state index in [-0.39, 0.29) is 18.1 Å². The lowest BCUT2D eigenvalue weighted by atomic mass is 10.0. The van der Waals surface area contributed by atoms with Crippen LogP contribution in [-0.4, -0.2) is 23.8 Å². The number of carbonyl (C=O) groups is 2. The Morgan fingerprint density at radius 3 is 2.54 bits per heavy atom. The molecule has 3 aromatic rings. The van der Waals surface area contributed by atoms with E-state index in [4.69, 9.17) is 16.3 Å². The minimum Gasteiger partial charge on any atom is -0.496 e. The first-order chi connectivity index (χ1) is 13.4. The maximum Gasteiger partial charge on any atom is 0.230 e. The molecular weight excluding hydrogens is 396 g/mol. The standard InChI is InChI=1S/C21H19ClN2O3S/c1-12(25)15-6-9-18(27-3)16(10-15)11-19(26)23-21-24-20(13(2)28-21)14-4-7-17(22)8-5-14/h4-10H,11H2,1-3H3,(H,23,24,26). The van der Waals surface area contributed by atoms with Crippen LogP contribution < -0.4 is 10.1 Å². The van der Waals surface area contributed by atoms with Crippen LogP contribution in [0.5, 0.6) is 5.75 Å². The number of anilines is 1. The molecule has 5 nitrogen and oxygen atoms in total. The molecule has 7 heteroatoms. The summed E-state index contributed by atoms with van der Waals surface area (Å²) in [4.78, 5) is 29.7. The number of hydrogen-bond donors (Lipinski definition) is 1. The number of ketones is 1. The number of hydrogen-bond acceptors (Lipinski definition) is 5. The van der Waals surface area contributed by atoms with E-state index in [2.05, 4.69) is 10.3 Å². The quantitative estimate of drug-likeness (QED) is 0.565. The van der Waals surface area contributed by atoms with E-state index in [9.17, 15) is 9.59 Å². The Morgan fingerprint density at radius 2 is 1.89 bits per heavy atom. The van der Waals surface area contributed by atoms with Crippen LogP contribution in [0.1, 0.15) is 27.7 Å². The first kappa shape index (κ1) is 20.0. The SMILES string of the molecule is COc1ccc(C(C)=O)cc1CC(=O)Nc1nc(-c2ccc(Cl)cc2)c(C)s1. The maximum atomic E-state index is 12.5. The fraction of sp³-hybridized carbons (Fsp3) is 0.190. The minimum atomic E-state index is -0.226. The molecule has 1 N–H and O–H groups in total. The summed E-state index contributed by atoms with van der Waals surface area (Å²) < 4.78 is 5.31. The molecule has 144 valence electrons. The number of Topliss-reactive ketones (excluding diaryl/α,β-unsaturated/α-hetero) is 1. The van der Waals surface area contributed by atoms with Gasteiger partial charge in [-0.05, 0) is 44.2 Å². The number of aromatic nitrogens is 1. The van der Waals surface area contributed by atoms with Gasteiger partial charge in [0, 0.05) is 26.6 Å². The van der Waals surface area contributed by atoms with Crippen molar-refractivity contribution in [2.24, 2.45) is 0 Å². The second-order valence-corrected chi connectivity index (χ2v) is 7.88. The van der Waals surface area contributed by atoms with Crippen molar-refractivity contribution in [3.63, 3.8) is 0 Å². The smallest absolute Gasteiger partial charge is 0.230 e. The van der Waals surface area contributed by atoms with Crippen molar-refractivity contribution in [1.82, 2.24) is 4.98 Å². The van der Waals surface area contributed by atoms with Gasteiger partial charge in [-0.2, -0.15) is 0 Å². The van der Waals surface area contributed by atoms with Gasteiger partial charge in [-0.3, -0.25) is 9.59 Å². The molecule has 0 unspecified atom stereocenters. The third-order valence-electron chi connectivity index (χ3n) is 4.20. The molecule has 0 aliphatic rings. The van der Waals surface area contributed by atoms with E-state index in [0.29, 0.717) is 27.0 Å². The highest BCUT2D eigenvalue weighted by molar-refractivity contribution is 7.16. The Labute approximate surface area is 172 Å². The molecule has 28 heavy (non-hydrogen) atoms. The molecule has 1 aromatic heterocycles. The van der Waals surface area contributed by atoms with Crippen molar-refractivity contribution in [3.05, 3.63) is 63.5 Å². The lowest BCUT2D eigenvalue weighted by Crippen LogP contribution is -2.15. The average Bonchev–Trinajstić information content (AvgIpc) is 3.02. The van der Waals surface area contributed by atoms with Crippen molar-refractivity contribution < 1.29 is 14.3 Å². The van der Waals surface area contributed by atoms with Gasteiger partial charge in [0.15, 0.2) is 10.9 Å². The number of methoxy groups -OCH3 is 1. The van der Waals surface area contributed by atoms with Gasteiger partial charge in [0.05, 0.1) is 19.2 Å². The Kier molecular flexibility index (Phi) is 6.11. The van der Waals surface area contributed by atoms with E-state index in [1.165, 1.54) is 25.4 Å². The van der Waals surface area contributed by atoms with Crippen LogP contribution in [0.25, 0.3) is 11.3 Å². The van der Waals surface area contributed by atoms with Gasteiger partial charge in [-0.1, -0.05) is 23.7 Å². The fourth-order valence-electron chi connectivity index (χ4n) is 2.80. The average molecular weight is 415 g/mol. The predicted octanol–water partition coefficient (Wildman–Crippen LogP) is 5.16. The van der Waals surface area contributed by atoms with Gasteiger partial charge in [-0.15, -0.1) is 11.3 Å². The topological polar surface area (TPSA) is 68.3 Å². The summed E-state index contributed by atoms with van der Waals surface area (Å²) in [5, 5.41) is 4.02. The Bertz CT molecular complexity index is 1030. The Morgan fingerprint density at radius 1 is 1.18 bits per heavy atom. The number of nitrogens with one attached hydrogen (secondary N) is 1. The zero-order chi connectivity index (χ0) is 20.3. The van der Waals surface area contributed by atoms with Gasteiger partial charge < -0.3 is 10.1 Å². The number of ether oxygens (including phenoxy) is 1. The third kappa shape index (κ3) is 4.58. The lowest BCUT2D eigenvalue weighted by Gasteiger charge is -2.09. The summed E-state index contributed by atoms with van der Waals surface area (Å²) >= 11 is 7.35. The molecule has 0 spiro atoms. The van der Waals surface area contributed by atoms with E-state index >= 15 is 0 Å². The van der Waals surface area contributed by atoms with Crippen molar-refractivity contribution in [1.29, 1.82) is 0 Å². The fourth-order valence-corrected chi connectivity index (χ4v) is 3.78. The number of carbonyl (C=O) groups excluding carboxylic acids is 2. The molecule has 1 amide bonds. The number of amides is 1. The van der Waals surface area contributed by atoms with Gasteiger partial charge >= 0.3 is 0 Å². The summed E-state index contributed by atoms with van der Waals surface area (Å²) in [5.41, 5.74) is 2.94. The zero-order valence-electron chi connectivity index (χ0n) is 15.7. The molecule has 0 saturated carbocycles. The van der Waals surface area contributed by atoms with Crippen molar-refractivity contribution >= 4 is 39.8 Å². The normalized spacial score (nSPS) is 10.6. The molecule has 0 bridgehead atoms. The largest absolute Gasteiger partial charge is 0.496 e. The number of aryl methyl sites for hydroxylation is 1. The van der Waals surface area contributed by atoms with Crippen LogP contribution in [0.3, 0.4) is 0 Å². The van der Waals surface area contributed by atoms with Crippen molar-refractivity contribution in [3.8, 4) is 17.0 Å². The highest BCUT2D eigenvalue weighted by Gasteiger charge is 2.15. The summed E-state index contributed by atoms with van der Waals surface area (Å²) in [6, 6.07) is 12.5. The van der Waals surface area contributed by atoms with Crippen LogP contribution in [0.2, 0.25) is 5.02 Å². The molecule has 0 fully saturated rings. The minimum absolute atomic E-state index is 0.0625. The summed E-state index contributed by atoms with van der Waals surface area (Å²) in [7, 11) is 1.53. The first-order valence-corrected chi connectivity index (χ1v) is 9.78. The van der Waals surface area contributed by atoms with Crippen LogP contribution >= 0.6 is 22.9 Å². The number of thiazole rings is 1. The van der Waals surface area contributed by atoms with E-state index in [1.807, 2.05) is 31.2 Å². The number of nitrogens with zero attached hydrogens (tertiary/aromatic N) is 1. The molecule has 0 radical (unpaired) electrons. The number of rotatable bonds is 6. The van der Waals surface area contributed by atoms with Crippen LogP contribution in [0.15, 0.2) is 42.5 Å². The van der Waals surface area contributed by atoms with Gasteiger partial charge in [0.25, 0.3) is 0 Å². The second-order valence-electron chi connectivity index (χ2n) is 6.24. The van der Waals surface area contributed by atoms with E-state index < -0.39 is 0 Å². The highest BCUT2D eigenvalue weighted by atomic mass is 35.5. The van der Waals surface area contributed by atoms with Crippen LogP contribution in [-0.2, 0) is 11.2 Å². The molecule has 0 aliphatic heterocycles. The zero-order valence-corrected chi connectivity index (χ0v) is 17.3. The Balaban J connectivity index is 1.77. The monoisotopic (exact) mass is 414 g/mol. The first-order valence-electron chi connectivity index (χ1n) is 8.58. The van der Waals surface area contributed by atoms with Crippen molar-refractivity contribution in [2.75, 3.05) is 12.4 Å². The molecule has 0 atom stereocenters. The van der Waals surface area contributed by atoms with Crippen LogP contribution in [0.4, 0.5) is 5.13 Å². The molecule has 0 saturated heterocycles. The van der Waals surface area contributed by atoms with Gasteiger partial charge in [0.2, 0.25) is 5.91 Å². The van der Waals surface area contributed by atoms with Gasteiger partial charge in [0.1, 0.15) is 5.75 Å². The number of halogens is 1. The predicted molar refractivity (Wildman–Crippen MR) is 113 cm³/mol. The molecule has 3 rings (SSSR count). The van der Waals surface area contributed by atoms with E-state index in [1.54, 1.807) is 18.2 Å². The van der Waals surface area contributed by atoms with Gasteiger partial charge in [-0.25, -0.2) is 4.98 Å². The summed E-state index contributed by atoms with van der Waals surface area (Å²) in [5.74, 6) is 0.278. The molecular formula is C21H19ClN2O3S. The third-order valence-corrected chi connectivity index (χ3v) is 5.34. The molecule has 1 heterocycles. The molecule has 2 aromatic carbocycles. The highest BCUT2D eigenvalue weighted by Crippen LogP contribution is 2.31. The lowest BCUT2D eigenvalue weighted by molar-refractivity contribution is -0.115.